The summed E-state index contributed by atoms with van der Waals surface area (Å²) >= 11 is 1.88. The molecule has 19 heavy (non-hydrogen) atoms. The van der Waals surface area contributed by atoms with Crippen molar-refractivity contribution in [1.82, 2.24) is 10.3 Å². The van der Waals surface area contributed by atoms with E-state index in [1.54, 1.807) is 0 Å². The summed E-state index contributed by atoms with van der Waals surface area (Å²) in [6.45, 7) is 4.36. The first-order chi connectivity index (χ1) is 9.20. The lowest BCUT2D eigenvalue weighted by Gasteiger charge is -2.19. The monoisotopic (exact) mass is 272 g/mol. The molecule has 0 saturated heterocycles. The van der Waals surface area contributed by atoms with E-state index < -0.39 is 0 Å². The highest BCUT2D eigenvalue weighted by Crippen LogP contribution is 2.38. The second-order valence-electron chi connectivity index (χ2n) is 5.33. The molecule has 2 aromatic rings. The zero-order valence-corrected chi connectivity index (χ0v) is 12.6. The summed E-state index contributed by atoms with van der Waals surface area (Å²) in [6.07, 6.45) is 3.67. The normalized spacial score (nSPS) is 18.4. The minimum absolute atomic E-state index is 0.443. The van der Waals surface area contributed by atoms with Crippen LogP contribution in [0, 0.1) is 13.8 Å². The molecule has 100 valence electrons. The number of aryl methyl sites for hydroxylation is 3. The summed E-state index contributed by atoms with van der Waals surface area (Å²) in [5, 5.41) is 4.60. The van der Waals surface area contributed by atoms with Gasteiger partial charge in [-0.15, -0.1) is 11.3 Å². The Morgan fingerprint density at radius 1 is 1.26 bits per heavy atom. The molecule has 1 aromatic carbocycles. The SMILES string of the molecule is CNC1CCCc2sc(-c3c(C)cccc3C)nc21. The zero-order chi connectivity index (χ0) is 13.4. The molecule has 0 amide bonds. The van der Waals surface area contributed by atoms with Crippen LogP contribution in [0.25, 0.3) is 10.6 Å². The van der Waals surface area contributed by atoms with Crippen LogP contribution in [0.3, 0.4) is 0 Å². The predicted molar refractivity (Wildman–Crippen MR) is 81.8 cm³/mol. The van der Waals surface area contributed by atoms with Crippen molar-refractivity contribution in [3.05, 3.63) is 39.9 Å². The van der Waals surface area contributed by atoms with E-state index in [-0.39, 0.29) is 0 Å². The highest BCUT2D eigenvalue weighted by Gasteiger charge is 2.24. The lowest BCUT2D eigenvalue weighted by atomic mass is 9.98. The Balaban J connectivity index is 2.10. The van der Waals surface area contributed by atoms with Gasteiger partial charge in [-0.05, 0) is 51.3 Å². The molecule has 3 heteroatoms. The van der Waals surface area contributed by atoms with E-state index in [0.717, 1.165) is 0 Å². The predicted octanol–water partition coefficient (Wildman–Crippen LogP) is 4.02. The van der Waals surface area contributed by atoms with Gasteiger partial charge in [0.25, 0.3) is 0 Å². The second kappa shape index (κ2) is 5.06. The number of benzene rings is 1. The molecule has 0 saturated carbocycles. The van der Waals surface area contributed by atoms with E-state index in [9.17, 15) is 0 Å². The number of hydrogen-bond donors (Lipinski definition) is 1. The average Bonchev–Trinajstić information content (AvgIpc) is 2.81. The molecule has 3 rings (SSSR count). The van der Waals surface area contributed by atoms with E-state index >= 15 is 0 Å². The summed E-state index contributed by atoms with van der Waals surface area (Å²) in [6, 6.07) is 6.92. The number of nitrogens with zero attached hydrogens (tertiary/aromatic N) is 1. The first-order valence-corrected chi connectivity index (χ1v) is 7.76. The largest absolute Gasteiger partial charge is 0.312 e. The van der Waals surface area contributed by atoms with Crippen molar-refractivity contribution >= 4 is 11.3 Å². The molecule has 1 aliphatic carbocycles. The van der Waals surface area contributed by atoms with E-state index in [1.807, 2.05) is 18.4 Å². The number of fused-ring (bicyclic) bond motifs is 1. The molecule has 0 fully saturated rings. The number of aromatic nitrogens is 1. The Hall–Kier alpha value is -1.19. The topological polar surface area (TPSA) is 24.9 Å². The average molecular weight is 272 g/mol. The van der Waals surface area contributed by atoms with Crippen molar-refractivity contribution in [1.29, 1.82) is 0 Å². The molecule has 1 unspecified atom stereocenters. The molecular formula is C16H20N2S. The lowest BCUT2D eigenvalue weighted by Crippen LogP contribution is -2.21. The highest BCUT2D eigenvalue weighted by molar-refractivity contribution is 7.15. The standard InChI is InChI=1S/C16H20N2S/c1-10-6-4-7-11(2)14(10)16-18-15-12(17-3)8-5-9-13(15)19-16/h4,6-7,12,17H,5,8-9H2,1-3H3. The summed E-state index contributed by atoms with van der Waals surface area (Å²) < 4.78 is 0. The van der Waals surface area contributed by atoms with Gasteiger partial charge in [0.1, 0.15) is 5.01 Å². The van der Waals surface area contributed by atoms with Gasteiger partial charge in [-0.2, -0.15) is 0 Å². The Morgan fingerprint density at radius 3 is 2.68 bits per heavy atom. The van der Waals surface area contributed by atoms with Crippen molar-refractivity contribution in [2.45, 2.75) is 39.2 Å². The Labute approximate surface area is 118 Å². The van der Waals surface area contributed by atoms with E-state index in [2.05, 4.69) is 37.4 Å². The Kier molecular flexibility index (Phi) is 3.42. The molecule has 0 spiro atoms. The van der Waals surface area contributed by atoms with E-state index in [1.165, 1.54) is 51.5 Å². The van der Waals surface area contributed by atoms with Crippen LogP contribution < -0.4 is 5.32 Å². The fraction of sp³-hybridized carbons (Fsp3) is 0.438. The minimum Gasteiger partial charge on any atom is -0.312 e. The lowest BCUT2D eigenvalue weighted by molar-refractivity contribution is 0.490. The molecule has 2 nitrogen and oxygen atoms in total. The summed E-state index contributed by atoms with van der Waals surface area (Å²) in [5.41, 5.74) is 5.27. The van der Waals surface area contributed by atoms with Crippen molar-refractivity contribution in [3.63, 3.8) is 0 Å². The smallest absolute Gasteiger partial charge is 0.124 e. The number of nitrogens with one attached hydrogen (secondary N) is 1. The molecule has 0 radical (unpaired) electrons. The van der Waals surface area contributed by atoms with Crippen LogP contribution in [0.15, 0.2) is 18.2 Å². The van der Waals surface area contributed by atoms with Crippen molar-refractivity contribution in [3.8, 4) is 10.6 Å². The number of hydrogen-bond acceptors (Lipinski definition) is 3. The maximum atomic E-state index is 4.95. The molecule has 0 bridgehead atoms. The van der Waals surface area contributed by atoms with Crippen LogP contribution in [0.5, 0.6) is 0 Å². The third kappa shape index (κ3) is 2.21. The third-order valence-electron chi connectivity index (χ3n) is 4.00. The van der Waals surface area contributed by atoms with Crippen LogP contribution in [0.4, 0.5) is 0 Å². The van der Waals surface area contributed by atoms with Crippen LogP contribution in [-0.4, -0.2) is 12.0 Å². The first kappa shape index (κ1) is 12.8. The molecule has 0 aliphatic heterocycles. The summed E-state index contributed by atoms with van der Waals surface area (Å²) in [5.74, 6) is 0. The fourth-order valence-corrected chi connectivity index (χ4v) is 4.30. The van der Waals surface area contributed by atoms with Crippen molar-refractivity contribution < 1.29 is 0 Å². The van der Waals surface area contributed by atoms with Crippen LogP contribution in [0.2, 0.25) is 0 Å². The van der Waals surface area contributed by atoms with Gasteiger partial charge < -0.3 is 5.32 Å². The highest BCUT2D eigenvalue weighted by atomic mass is 32.1. The summed E-state index contributed by atoms with van der Waals surface area (Å²) in [7, 11) is 2.04. The summed E-state index contributed by atoms with van der Waals surface area (Å²) in [4.78, 5) is 6.43. The molecule has 1 aliphatic rings. The van der Waals surface area contributed by atoms with E-state index in [0.29, 0.717) is 6.04 Å². The molecule has 1 N–H and O–H groups in total. The molecular weight excluding hydrogens is 252 g/mol. The zero-order valence-electron chi connectivity index (χ0n) is 11.8. The van der Waals surface area contributed by atoms with Gasteiger partial charge in [0.05, 0.1) is 11.7 Å². The number of rotatable bonds is 2. The van der Waals surface area contributed by atoms with Gasteiger partial charge in [-0.3, -0.25) is 0 Å². The van der Waals surface area contributed by atoms with Crippen LogP contribution in [-0.2, 0) is 6.42 Å². The van der Waals surface area contributed by atoms with Gasteiger partial charge in [-0.1, -0.05) is 18.2 Å². The van der Waals surface area contributed by atoms with Gasteiger partial charge in [0, 0.05) is 10.4 Å². The minimum atomic E-state index is 0.443. The van der Waals surface area contributed by atoms with Gasteiger partial charge in [0.2, 0.25) is 0 Å². The van der Waals surface area contributed by atoms with Crippen molar-refractivity contribution in [2.24, 2.45) is 0 Å². The fourth-order valence-electron chi connectivity index (χ4n) is 2.96. The maximum Gasteiger partial charge on any atom is 0.124 e. The van der Waals surface area contributed by atoms with Crippen LogP contribution in [0.1, 0.15) is 40.6 Å². The molecule has 1 atom stereocenters. The quantitative estimate of drug-likeness (QED) is 0.893. The Morgan fingerprint density at radius 2 is 2.00 bits per heavy atom. The third-order valence-corrected chi connectivity index (χ3v) is 5.15. The molecule has 1 aromatic heterocycles. The van der Waals surface area contributed by atoms with Gasteiger partial charge in [0.15, 0.2) is 0 Å². The number of thiazole rings is 1. The second-order valence-corrected chi connectivity index (χ2v) is 6.41. The molecule has 1 heterocycles. The van der Waals surface area contributed by atoms with Crippen molar-refractivity contribution in [2.75, 3.05) is 7.05 Å². The van der Waals surface area contributed by atoms with E-state index in [4.69, 9.17) is 4.98 Å². The van der Waals surface area contributed by atoms with Gasteiger partial charge in [-0.25, -0.2) is 4.98 Å². The van der Waals surface area contributed by atoms with Gasteiger partial charge >= 0.3 is 0 Å². The van der Waals surface area contributed by atoms with Crippen LogP contribution >= 0.6 is 11.3 Å². The Bertz CT molecular complexity index is 581. The maximum absolute atomic E-state index is 4.95. The first-order valence-electron chi connectivity index (χ1n) is 6.94.